The van der Waals surface area contributed by atoms with Crippen LogP contribution in [0.4, 0.5) is 4.79 Å². The first-order valence-corrected chi connectivity index (χ1v) is 10.5. The summed E-state index contributed by atoms with van der Waals surface area (Å²) < 4.78 is 5.66. The molecule has 0 aliphatic carbocycles. The summed E-state index contributed by atoms with van der Waals surface area (Å²) in [5.74, 6) is 0. The van der Waals surface area contributed by atoms with Crippen LogP contribution in [0.25, 0.3) is 16.3 Å². The van der Waals surface area contributed by atoms with Gasteiger partial charge in [0.2, 0.25) is 0 Å². The summed E-state index contributed by atoms with van der Waals surface area (Å²) in [5, 5.41) is 2.53. The molecule has 146 valence electrons. The predicted octanol–water partition coefficient (Wildman–Crippen LogP) is 6.19. The fraction of sp³-hybridized carbons (Fsp3) is 0.269. The van der Waals surface area contributed by atoms with E-state index >= 15 is 0 Å². The van der Waals surface area contributed by atoms with Crippen LogP contribution in [0.1, 0.15) is 36.8 Å². The number of piperidine rings is 1. The molecule has 2 atom stereocenters. The minimum absolute atomic E-state index is 0.132. The van der Waals surface area contributed by atoms with Gasteiger partial charge in [-0.3, -0.25) is 4.90 Å². The smallest absolute Gasteiger partial charge is 0.410 e. The molecule has 3 heteroatoms. The number of nitrogens with zero attached hydrogens (tertiary/aromatic N) is 1. The van der Waals surface area contributed by atoms with Crippen molar-refractivity contribution in [3.8, 4) is 0 Å². The first-order valence-electron chi connectivity index (χ1n) is 10.5. The lowest BCUT2D eigenvalue weighted by Crippen LogP contribution is -2.51. The number of carbonyl (C=O) groups is 1. The van der Waals surface area contributed by atoms with E-state index < -0.39 is 0 Å². The molecule has 0 aromatic heterocycles. The van der Waals surface area contributed by atoms with E-state index in [2.05, 4.69) is 48.5 Å². The fourth-order valence-corrected chi connectivity index (χ4v) is 4.71. The number of ether oxygens (including phenoxy) is 1. The molecule has 3 nitrogen and oxygen atoms in total. The summed E-state index contributed by atoms with van der Waals surface area (Å²) in [4.78, 5) is 14.9. The van der Waals surface area contributed by atoms with E-state index in [1.165, 1.54) is 28.3 Å². The Kier molecular flexibility index (Phi) is 4.81. The molecule has 0 spiro atoms. The van der Waals surface area contributed by atoms with Gasteiger partial charge in [0.15, 0.2) is 0 Å². The van der Waals surface area contributed by atoms with Crippen LogP contribution < -0.4 is 0 Å². The molecule has 2 bridgehead atoms. The van der Waals surface area contributed by atoms with Gasteiger partial charge in [0.1, 0.15) is 6.61 Å². The molecule has 1 fully saturated rings. The van der Waals surface area contributed by atoms with Crippen molar-refractivity contribution in [2.24, 2.45) is 0 Å². The third kappa shape index (κ3) is 3.65. The average Bonchev–Trinajstić information content (AvgIpc) is 2.77. The van der Waals surface area contributed by atoms with Crippen LogP contribution in [0.5, 0.6) is 0 Å². The Morgan fingerprint density at radius 3 is 2.55 bits per heavy atom. The Balaban J connectivity index is 1.36. The first-order chi connectivity index (χ1) is 14.3. The topological polar surface area (TPSA) is 29.5 Å². The predicted molar refractivity (Wildman–Crippen MR) is 116 cm³/mol. The van der Waals surface area contributed by atoms with Crippen molar-refractivity contribution in [1.29, 1.82) is 0 Å². The van der Waals surface area contributed by atoms with Crippen LogP contribution in [0, 0.1) is 0 Å². The normalized spacial score (nSPS) is 21.0. The SMILES string of the molecule is O=C(OCc1ccccc1)N1C2C=C(c3ccc4ccccc4c3)CC1CCC2. The Hall–Kier alpha value is -3.07. The number of benzene rings is 3. The van der Waals surface area contributed by atoms with Crippen molar-refractivity contribution in [2.75, 3.05) is 0 Å². The van der Waals surface area contributed by atoms with E-state index in [1.807, 2.05) is 35.2 Å². The minimum atomic E-state index is -0.183. The van der Waals surface area contributed by atoms with Crippen LogP contribution in [0.15, 0.2) is 78.9 Å². The Labute approximate surface area is 171 Å². The van der Waals surface area contributed by atoms with E-state index in [0.29, 0.717) is 6.61 Å². The lowest BCUT2D eigenvalue weighted by atomic mass is 9.83. The molecule has 2 aliphatic heterocycles. The van der Waals surface area contributed by atoms with Gasteiger partial charge in [0.05, 0.1) is 6.04 Å². The van der Waals surface area contributed by atoms with Gasteiger partial charge in [-0.05, 0) is 59.2 Å². The van der Waals surface area contributed by atoms with E-state index in [4.69, 9.17) is 4.74 Å². The lowest BCUT2D eigenvalue weighted by Gasteiger charge is -2.44. The van der Waals surface area contributed by atoms with Gasteiger partial charge in [-0.15, -0.1) is 0 Å². The number of carbonyl (C=O) groups excluding carboxylic acids is 1. The molecule has 5 rings (SSSR count). The molecule has 29 heavy (non-hydrogen) atoms. The van der Waals surface area contributed by atoms with Gasteiger partial charge in [0, 0.05) is 6.04 Å². The molecule has 2 aliphatic rings. The molecule has 0 saturated carbocycles. The number of amides is 1. The maximum Gasteiger partial charge on any atom is 0.410 e. The van der Waals surface area contributed by atoms with Crippen molar-refractivity contribution < 1.29 is 9.53 Å². The second kappa shape index (κ2) is 7.75. The number of hydrogen-bond acceptors (Lipinski definition) is 2. The van der Waals surface area contributed by atoms with Crippen LogP contribution in [-0.4, -0.2) is 23.1 Å². The number of rotatable bonds is 3. The van der Waals surface area contributed by atoms with Crippen LogP contribution in [-0.2, 0) is 11.3 Å². The molecule has 3 aromatic rings. The van der Waals surface area contributed by atoms with Gasteiger partial charge >= 0.3 is 6.09 Å². The zero-order chi connectivity index (χ0) is 19.6. The molecular formula is C26H25NO2. The highest BCUT2D eigenvalue weighted by molar-refractivity contribution is 5.87. The van der Waals surface area contributed by atoms with E-state index in [1.54, 1.807) is 0 Å². The molecular weight excluding hydrogens is 358 g/mol. The number of hydrogen-bond donors (Lipinski definition) is 0. The van der Waals surface area contributed by atoms with Gasteiger partial charge in [-0.25, -0.2) is 4.79 Å². The van der Waals surface area contributed by atoms with Gasteiger partial charge in [-0.1, -0.05) is 72.8 Å². The monoisotopic (exact) mass is 383 g/mol. The minimum Gasteiger partial charge on any atom is -0.445 e. The van der Waals surface area contributed by atoms with E-state index in [0.717, 1.165) is 24.8 Å². The van der Waals surface area contributed by atoms with Crippen LogP contribution in [0.3, 0.4) is 0 Å². The van der Waals surface area contributed by atoms with E-state index in [-0.39, 0.29) is 18.2 Å². The summed E-state index contributed by atoms with van der Waals surface area (Å²) in [7, 11) is 0. The standard InChI is InChI=1S/C26H25NO2/c28-26(29-18-19-7-2-1-3-8-19)27-24-11-6-12-25(27)17-23(16-24)22-14-13-20-9-4-5-10-21(20)15-22/h1-5,7-10,13-16,24-25H,6,11-12,17-18H2. The van der Waals surface area contributed by atoms with E-state index in [9.17, 15) is 4.79 Å². The third-order valence-electron chi connectivity index (χ3n) is 6.17. The summed E-state index contributed by atoms with van der Waals surface area (Å²) in [5.41, 5.74) is 3.66. The van der Waals surface area contributed by atoms with Crippen molar-refractivity contribution in [3.63, 3.8) is 0 Å². The van der Waals surface area contributed by atoms with Crippen molar-refractivity contribution in [1.82, 2.24) is 4.90 Å². The summed E-state index contributed by atoms with van der Waals surface area (Å²) >= 11 is 0. The molecule has 0 radical (unpaired) electrons. The molecule has 1 amide bonds. The van der Waals surface area contributed by atoms with Crippen molar-refractivity contribution in [2.45, 2.75) is 44.4 Å². The fourth-order valence-electron chi connectivity index (χ4n) is 4.71. The molecule has 2 unspecified atom stereocenters. The third-order valence-corrected chi connectivity index (χ3v) is 6.17. The maximum absolute atomic E-state index is 12.9. The number of fused-ring (bicyclic) bond motifs is 3. The lowest BCUT2D eigenvalue weighted by molar-refractivity contribution is 0.0510. The molecule has 2 heterocycles. The second-order valence-corrected chi connectivity index (χ2v) is 8.06. The van der Waals surface area contributed by atoms with Crippen molar-refractivity contribution >= 4 is 22.4 Å². The highest BCUT2D eigenvalue weighted by atomic mass is 16.6. The zero-order valence-electron chi connectivity index (χ0n) is 16.5. The molecule has 3 aromatic carbocycles. The van der Waals surface area contributed by atoms with Gasteiger partial charge in [0.25, 0.3) is 0 Å². The molecule has 0 N–H and O–H groups in total. The highest BCUT2D eigenvalue weighted by Gasteiger charge is 2.38. The van der Waals surface area contributed by atoms with Crippen LogP contribution >= 0.6 is 0 Å². The summed E-state index contributed by atoms with van der Waals surface area (Å²) in [6.07, 6.45) is 6.23. The Morgan fingerprint density at radius 2 is 1.72 bits per heavy atom. The van der Waals surface area contributed by atoms with Crippen molar-refractivity contribution in [3.05, 3.63) is 90.0 Å². The summed E-state index contributed by atoms with van der Waals surface area (Å²) in [6, 6.07) is 25.4. The summed E-state index contributed by atoms with van der Waals surface area (Å²) in [6.45, 7) is 0.330. The van der Waals surface area contributed by atoms with Crippen LogP contribution in [0.2, 0.25) is 0 Å². The van der Waals surface area contributed by atoms with Gasteiger partial charge < -0.3 is 4.74 Å². The Morgan fingerprint density at radius 1 is 0.931 bits per heavy atom. The molecule has 1 saturated heterocycles. The quantitative estimate of drug-likeness (QED) is 0.540. The first kappa shape index (κ1) is 18.0. The second-order valence-electron chi connectivity index (χ2n) is 8.06. The Bertz CT molecular complexity index is 1060. The average molecular weight is 383 g/mol. The zero-order valence-corrected chi connectivity index (χ0v) is 16.5. The maximum atomic E-state index is 12.9. The highest BCUT2D eigenvalue weighted by Crippen LogP contribution is 2.38. The largest absolute Gasteiger partial charge is 0.445 e. The van der Waals surface area contributed by atoms with Gasteiger partial charge in [-0.2, -0.15) is 0 Å².